The number of carbonyl (C=O) groups excluding carboxylic acids is 2. The van der Waals surface area contributed by atoms with Crippen LogP contribution in [-0.4, -0.2) is 36.5 Å². The molecular formula is C12H22N2O3. The van der Waals surface area contributed by atoms with Crippen LogP contribution >= 0.6 is 0 Å². The lowest BCUT2D eigenvalue weighted by molar-refractivity contribution is -0.143. The predicted molar refractivity (Wildman–Crippen MR) is 64.5 cm³/mol. The summed E-state index contributed by atoms with van der Waals surface area (Å²) in [4.78, 5) is 22.4. The molecule has 3 atom stereocenters. The molecule has 2 unspecified atom stereocenters. The Morgan fingerprint density at radius 2 is 2.18 bits per heavy atom. The van der Waals surface area contributed by atoms with Crippen LogP contribution in [0.15, 0.2) is 0 Å². The van der Waals surface area contributed by atoms with E-state index in [2.05, 4.69) is 5.32 Å². The van der Waals surface area contributed by atoms with Gasteiger partial charge in [0.15, 0.2) is 0 Å². The number of hydrogen-bond donors (Lipinski definition) is 2. The van der Waals surface area contributed by atoms with E-state index in [9.17, 15) is 9.59 Å². The summed E-state index contributed by atoms with van der Waals surface area (Å²) >= 11 is 0. The first-order chi connectivity index (χ1) is 8.04. The first kappa shape index (κ1) is 14.1. The maximum absolute atomic E-state index is 11.2. The van der Waals surface area contributed by atoms with Crippen molar-refractivity contribution in [3.63, 3.8) is 0 Å². The number of ether oxygens (including phenoxy) is 1. The Morgan fingerprint density at radius 1 is 1.47 bits per heavy atom. The van der Waals surface area contributed by atoms with Gasteiger partial charge >= 0.3 is 5.97 Å². The van der Waals surface area contributed by atoms with E-state index in [1.54, 1.807) is 13.8 Å². The SMILES string of the molecule is CCOC(=O)CCCC1NC(C(C)=O)C[C@@H]1N. The van der Waals surface area contributed by atoms with Gasteiger partial charge in [-0.15, -0.1) is 0 Å². The molecule has 1 fully saturated rings. The summed E-state index contributed by atoms with van der Waals surface area (Å²) in [6.45, 7) is 3.79. The Kier molecular flexibility index (Phi) is 5.58. The third-order valence-electron chi connectivity index (χ3n) is 3.13. The van der Waals surface area contributed by atoms with Crippen molar-refractivity contribution in [3.05, 3.63) is 0 Å². The van der Waals surface area contributed by atoms with Crippen molar-refractivity contribution in [2.24, 2.45) is 5.73 Å². The van der Waals surface area contributed by atoms with Gasteiger partial charge in [-0.2, -0.15) is 0 Å². The van der Waals surface area contributed by atoms with Crippen molar-refractivity contribution in [2.45, 2.75) is 57.7 Å². The third kappa shape index (κ3) is 4.44. The normalized spacial score (nSPS) is 28.1. The largest absolute Gasteiger partial charge is 0.466 e. The smallest absolute Gasteiger partial charge is 0.305 e. The molecule has 5 nitrogen and oxygen atoms in total. The molecule has 1 heterocycles. The minimum absolute atomic E-state index is 0.00564. The van der Waals surface area contributed by atoms with E-state index >= 15 is 0 Å². The number of nitrogens with one attached hydrogen (secondary N) is 1. The molecule has 1 aliphatic heterocycles. The van der Waals surface area contributed by atoms with Crippen molar-refractivity contribution in [1.29, 1.82) is 0 Å². The molecule has 1 rings (SSSR count). The van der Waals surface area contributed by atoms with Gasteiger partial charge < -0.3 is 15.8 Å². The van der Waals surface area contributed by atoms with Gasteiger partial charge in [0.05, 0.1) is 12.6 Å². The van der Waals surface area contributed by atoms with Crippen LogP contribution < -0.4 is 11.1 Å². The van der Waals surface area contributed by atoms with Gasteiger partial charge in [0.1, 0.15) is 5.78 Å². The molecule has 5 heteroatoms. The van der Waals surface area contributed by atoms with E-state index in [0.29, 0.717) is 19.4 Å². The first-order valence-electron chi connectivity index (χ1n) is 6.22. The zero-order valence-corrected chi connectivity index (χ0v) is 10.6. The lowest BCUT2D eigenvalue weighted by atomic mass is 10.0. The van der Waals surface area contributed by atoms with E-state index < -0.39 is 0 Å². The van der Waals surface area contributed by atoms with Crippen LogP contribution in [0.2, 0.25) is 0 Å². The van der Waals surface area contributed by atoms with Crippen LogP contribution in [0.5, 0.6) is 0 Å². The topological polar surface area (TPSA) is 81.4 Å². The van der Waals surface area contributed by atoms with Crippen molar-refractivity contribution in [2.75, 3.05) is 6.61 Å². The van der Waals surface area contributed by atoms with Crippen molar-refractivity contribution >= 4 is 11.8 Å². The number of nitrogens with two attached hydrogens (primary N) is 1. The van der Waals surface area contributed by atoms with Crippen LogP contribution in [0, 0.1) is 0 Å². The number of hydrogen-bond acceptors (Lipinski definition) is 5. The van der Waals surface area contributed by atoms with Gasteiger partial charge in [0.2, 0.25) is 0 Å². The van der Waals surface area contributed by atoms with Crippen LogP contribution in [0.4, 0.5) is 0 Å². The van der Waals surface area contributed by atoms with E-state index in [1.807, 2.05) is 0 Å². The Hall–Kier alpha value is -0.940. The van der Waals surface area contributed by atoms with Gasteiger partial charge in [-0.3, -0.25) is 9.59 Å². The lowest BCUT2D eigenvalue weighted by Gasteiger charge is -2.15. The number of ketones is 1. The monoisotopic (exact) mass is 242 g/mol. The molecule has 1 saturated heterocycles. The number of carbonyl (C=O) groups is 2. The average Bonchev–Trinajstić information content (AvgIpc) is 2.61. The zero-order chi connectivity index (χ0) is 12.8. The predicted octanol–water partition coefficient (Wildman–Crippen LogP) is 0.367. The van der Waals surface area contributed by atoms with Crippen LogP contribution in [0.1, 0.15) is 39.5 Å². The quantitative estimate of drug-likeness (QED) is 0.657. The molecule has 17 heavy (non-hydrogen) atoms. The second kappa shape index (κ2) is 6.71. The fourth-order valence-corrected chi connectivity index (χ4v) is 2.17. The molecule has 0 aromatic heterocycles. The Morgan fingerprint density at radius 3 is 2.71 bits per heavy atom. The minimum atomic E-state index is -0.165. The van der Waals surface area contributed by atoms with Gasteiger partial charge in [0.25, 0.3) is 0 Å². The zero-order valence-electron chi connectivity index (χ0n) is 10.6. The summed E-state index contributed by atoms with van der Waals surface area (Å²) < 4.78 is 4.85. The Labute approximate surface area is 102 Å². The first-order valence-corrected chi connectivity index (χ1v) is 6.22. The van der Waals surface area contributed by atoms with Crippen molar-refractivity contribution in [3.8, 4) is 0 Å². The number of esters is 1. The van der Waals surface area contributed by atoms with Gasteiger partial charge in [-0.1, -0.05) is 0 Å². The molecular weight excluding hydrogens is 220 g/mol. The number of Topliss-reactive ketones (excluding diaryl/α,β-unsaturated/α-hetero) is 1. The maximum Gasteiger partial charge on any atom is 0.305 e. The Bertz CT molecular complexity index is 281. The molecule has 0 aromatic carbocycles. The molecule has 0 aliphatic carbocycles. The second-order valence-electron chi connectivity index (χ2n) is 4.53. The highest BCUT2D eigenvalue weighted by atomic mass is 16.5. The highest BCUT2D eigenvalue weighted by Crippen LogP contribution is 2.17. The van der Waals surface area contributed by atoms with E-state index in [-0.39, 0.29) is 29.9 Å². The number of rotatable bonds is 6. The van der Waals surface area contributed by atoms with Crippen LogP contribution in [0.3, 0.4) is 0 Å². The summed E-state index contributed by atoms with van der Waals surface area (Å²) in [5.41, 5.74) is 5.95. The highest BCUT2D eigenvalue weighted by Gasteiger charge is 2.32. The molecule has 1 aliphatic rings. The lowest BCUT2D eigenvalue weighted by Crippen LogP contribution is -2.38. The minimum Gasteiger partial charge on any atom is -0.466 e. The van der Waals surface area contributed by atoms with Crippen LogP contribution in [0.25, 0.3) is 0 Å². The van der Waals surface area contributed by atoms with E-state index in [0.717, 1.165) is 12.8 Å². The van der Waals surface area contributed by atoms with Gasteiger partial charge in [-0.05, 0) is 33.1 Å². The molecule has 0 spiro atoms. The molecule has 98 valence electrons. The van der Waals surface area contributed by atoms with E-state index in [4.69, 9.17) is 10.5 Å². The average molecular weight is 242 g/mol. The molecule has 0 radical (unpaired) electrons. The fourth-order valence-electron chi connectivity index (χ4n) is 2.17. The molecule has 0 amide bonds. The molecule has 0 saturated carbocycles. The Balaban J connectivity index is 2.24. The third-order valence-corrected chi connectivity index (χ3v) is 3.13. The summed E-state index contributed by atoms with van der Waals surface area (Å²) in [6, 6.07) is 0.0296. The summed E-state index contributed by atoms with van der Waals surface area (Å²) in [5.74, 6) is -0.0319. The van der Waals surface area contributed by atoms with Gasteiger partial charge in [0, 0.05) is 18.5 Å². The summed E-state index contributed by atoms with van der Waals surface area (Å²) in [7, 11) is 0. The van der Waals surface area contributed by atoms with E-state index in [1.165, 1.54) is 0 Å². The molecule has 0 aromatic rings. The maximum atomic E-state index is 11.2. The molecule has 0 bridgehead atoms. The van der Waals surface area contributed by atoms with Crippen molar-refractivity contribution in [1.82, 2.24) is 5.32 Å². The summed E-state index contributed by atoms with van der Waals surface area (Å²) in [5, 5.41) is 3.22. The standard InChI is InChI=1S/C12H22N2O3/c1-3-17-12(16)6-4-5-10-9(13)7-11(14-10)8(2)15/h9-11,14H,3-7,13H2,1-2H3/t9-,10?,11?/m0/s1. The molecule has 3 N–H and O–H groups in total. The highest BCUT2D eigenvalue weighted by molar-refractivity contribution is 5.81. The van der Waals surface area contributed by atoms with Crippen LogP contribution in [-0.2, 0) is 14.3 Å². The van der Waals surface area contributed by atoms with Crippen molar-refractivity contribution < 1.29 is 14.3 Å². The fraction of sp³-hybridized carbons (Fsp3) is 0.833. The van der Waals surface area contributed by atoms with Gasteiger partial charge in [-0.25, -0.2) is 0 Å². The summed E-state index contributed by atoms with van der Waals surface area (Å²) in [6.07, 6.45) is 2.67. The second-order valence-corrected chi connectivity index (χ2v) is 4.53.